The smallest absolute Gasteiger partial charge is 0.319 e. The Morgan fingerprint density at radius 3 is 2.83 bits per heavy atom. The summed E-state index contributed by atoms with van der Waals surface area (Å²) in [4.78, 5) is 11.5. The molecule has 1 rings (SSSR count). The molecule has 0 aliphatic carbocycles. The van der Waals surface area contributed by atoms with E-state index >= 15 is 0 Å². The van der Waals surface area contributed by atoms with E-state index in [2.05, 4.69) is 10.6 Å². The van der Waals surface area contributed by atoms with Gasteiger partial charge in [-0.25, -0.2) is 4.79 Å². The van der Waals surface area contributed by atoms with E-state index in [0.29, 0.717) is 31.1 Å². The fourth-order valence-electron chi connectivity index (χ4n) is 1.32. The molecule has 18 heavy (non-hydrogen) atoms. The van der Waals surface area contributed by atoms with Gasteiger partial charge in [0.05, 0.1) is 12.3 Å². The van der Waals surface area contributed by atoms with E-state index in [1.807, 2.05) is 32.0 Å². The summed E-state index contributed by atoms with van der Waals surface area (Å²) in [5, 5.41) is 5.42. The molecule has 0 bridgehead atoms. The maximum atomic E-state index is 11.5. The van der Waals surface area contributed by atoms with Gasteiger partial charge < -0.3 is 21.1 Å². The Hall–Kier alpha value is -1.75. The van der Waals surface area contributed by atoms with Crippen LogP contribution in [0.25, 0.3) is 0 Å². The van der Waals surface area contributed by atoms with E-state index in [-0.39, 0.29) is 11.9 Å². The van der Waals surface area contributed by atoms with Gasteiger partial charge in [0.1, 0.15) is 5.75 Å². The molecule has 0 aliphatic heterocycles. The van der Waals surface area contributed by atoms with Crippen LogP contribution in [0.1, 0.15) is 13.8 Å². The van der Waals surface area contributed by atoms with Crippen molar-refractivity contribution in [2.45, 2.75) is 13.8 Å². The summed E-state index contributed by atoms with van der Waals surface area (Å²) in [6.07, 6.45) is 0. The fourth-order valence-corrected chi connectivity index (χ4v) is 1.32. The Balaban J connectivity index is 2.64. The number of hydrogen-bond donors (Lipinski definition) is 3. The normalized spacial score (nSPS) is 11.7. The number of benzene rings is 1. The maximum Gasteiger partial charge on any atom is 0.319 e. The number of anilines is 1. The molecule has 100 valence electrons. The minimum atomic E-state index is -0.236. The molecule has 0 heterocycles. The Morgan fingerprint density at radius 2 is 2.17 bits per heavy atom. The molecule has 1 atom stereocenters. The Kier molecular flexibility index (Phi) is 6.00. The predicted octanol–water partition coefficient (Wildman–Crippen LogP) is 1.80. The minimum absolute atomic E-state index is 0.236. The first-order valence-corrected chi connectivity index (χ1v) is 6.14. The molecule has 0 spiro atoms. The van der Waals surface area contributed by atoms with Crippen LogP contribution in [-0.2, 0) is 0 Å². The molecule has 0 aliphatic rings. The number of amides is 2. The molecule has 0 radical (unpaired) electrons. The average Bonchev–Trinajstić information content (AvgIpc) is 2.37. The predicted molar refractivity (Wildman–Crippen MR) is 72.9 cm³/mol. The number of nitrogens with one attached hydrogen (secondary N) is 2. The molecule has 1 aromatic carbocycles. The van der Waals surface area contributed by atoms with Crippen molar-refractivity contribution in [3.8, 4) is 5.75 Å². The van der Waals surface area contributed by atoms with Gasteiger partial charge in [-0.05, 0) is 25.6 Å². The van der Waals surface area contributed by atoms with E-state index in [9.17, 15) is 4.79 Å². The Labute approximate surface area is 108 Å². The first-order chi connectivity index (χ1) is 8.67. The van der Waals surface area contributed by atoms with Crippen molar-refractivity contribution >= 4 is 11.7 Å². The van der Waals surface area contributed by atoms with E-state index in [1.54, 1.807) is 6.07 Å². The van der Waals surface area contributed by atoms with Crippen LogP contribution in [0.2, 0.25) is 0 Å². The van der Waals surface area contributed by atoms with Crippen LogP contribution in [0.15, 0.2) is 24.3 Å². The third-order valence-corrected chi connectivity index (χ3v) is 2.40. The largest absolute Gasteiger partial charge is 0.491 e. The summed E-state index contributed by atoms with van der Waals surface area (Å²) in [6.45, 7) is 5.57. The molecular formula is C13H21N3O2. The van der Waals surface area contributed by atoms with Gasteiger partial charge in [0, 0.05) is 12.5 Å². The van der Waals surface area contributed by atoms with Crippen molar-refractivity contribution < 1.29 is 9.53 Å². The van der Waals surface area contributed by atoms with E-state index in [1.165, 1.54) is 0 Å². The third kappa shape index (κ3) is 4.63. The molecular weight excluding hydrogens is 230 g/mol. The molecule has 0 saturated carbocycles. The molecule has 0 aromatic heterocycles. The van der Waals surface area contributed by atoms with Gasteiger partial charge in [0.25, 0.3) is 0 Å². The summed E-state index contributed by atoms with van der Waals surface area (Å²) < 4.78 is 5.65. The van der Waals surface area contributed by atoms with Crippen LogP contribution < -0.4 is 21.1 Å². The molecule has 2 amide bonds. The average molecular weight is 251 g/mol. The highest BCUT2D eigenvalue weighted by molar-refractivity contribution is 5.90. The molecule has 4 N–H and O–H groups in total. The van der Waals surface area contributed by atoms with Crippen LogP contribution in [0.3, 0.4) is 0 Å². The third-order valence-electron chi connectivity index (χ3n) is 2.40. The lowest BCUT2D eigenvalue weighted by atomic mass is 10.2. The number of carbonyl (C=O) groups is 1. The summed E-state index contributed by atoms with van der Waals surface area (Å²) in [5.74, 6) is 0.937. The first-order valence-electron chi connectivity index (χ1n) is 6.14. The van der Waals surface area contributed by atoms with E-state index < -0.39 is 0 Å². The molecule has 1 unspecified atom stereocenters. The monoisotopic (exact) mass is 251 g/mol. The van der Waals surface area contributed by atoms with Crippen molar-refractivity contribution in [3.05, 3.63) is 24.3 Å². The van der Waals surface area contributed by atoms with Gasteiger partial charge in [-0.15, -0.1) is 0 Å². The maximum absolute atomic E-state index is 11.5. The van der Waals surface area contributed by atoms with Gasteiger partial charge in [0.2, 0.25) is 0 Å². The number of urea groups is 1. The molecule has 0 fully saturated rings. The van der Waals surface area contributed by atoms with E-state index in [0.717, 1.165) is 0 Å². The topological polar surface area (TPSA) is 76.4 Å². The van der Waals surface area contributed by atoms with Crippen molar-refractivity contribution in [1.82, 2.24) is 5.32 Å². The highest BCUT2D eigenvalue weighted by atomic mass is 16.5. The lowest BCUT2D eigenvalue weighted by molar-refractivity contribution is 0.251. The van der Waals surface area contributed by atoms with Crippen LogP contribution in [0.5, 0.6) is 5.75 Å². The van der Waals surface area contributed by atoms with Crippen LogP contribution in [0.4, 0.5) is 10.5 Å². The quantitative estimate of drug-likeness (QED) is 0.721. The number of carbonyl (C=O) groups excluding carboxylic acids is 1. The summed E-state index contributed by atoms with van der Waals surface area (Å²) in [6, 6.07) is 7.11. The first kappa shape index (κ1) is 14.3. The Morgan fingerprint density at radius 1 is 1.44 bits per heavy atom. The molecule has 1 aromatic rings. The zero-order valence-corrected chi connectivity index (χ0v) is 10.9. The number of hydrogen-bond acceptors (Lipinski definition) is 3. The van der Waals surface area contributed by atoms with Gasteiger partial charge in [0.15, 0.2) is 0 Å². The lowest BCUT2D eigenvalue weighted by Gasteiger charge is -2.15. The zero-order valence-electron chi connectivity index (χ0n) is 10.9. The summed E-state index contributed by atoms with van der Waals surface area (Å²) >= 11 is 0. The summed E-state index contributed by atoms with van der Waals surface area (Å²) in [7, 11) is 0. The fraction of sp³-hybridized carbons (Fsp3) is 0.462. The zero-order chi connectivity index (χ0) is 13.4. The minimum Gasteiger partial charge on any atom is -0.491 e. The van der Waals surface area contributed by atoms with E-state index in [4.69, 9.17) is 10.5 Å². The number of ether oxygens (including phenoxy) is 1. The van der Waals surface area contributed by atoms with Crippen LogP contribution >= 0.6 is 0 Å². The second-order valence-corrected chi connectivity index (χ2v) is 4.13. The number of rotatable bonds is 6. The number of nitrogens with two attached hydrogens (primary N) is 1. The van der Waals surface area contributed by atoms with Gasteiger partial charge in [-0.1, -0.05) is 19.1 Å². The second-order valence-electron chi connectivity index (χ2n) is 4.13. The lowest BCUT2D eigenvalue weighted by Crippen LogP contribution is -2.28. The Bertz CT molecular complexity index is 382. The van der Waals surface area contributed by atoms with Crippen molar-refractivity contribution in [1.29, 1.82) is 0 Å². The van der Waals surface area contributed by atoms with Crippen LogP contribution in [0, 0.1) is 5.92 Å². The van der Waals surface area contributed by atoms with Crippen molar-refractivity contribution in [2.24, 2.45) is 11.7 Å². The van der Waals surface area contributed by atoms with Gasteiger partial charge >= 0.3 is 6.03 Å². The number of para-hydroxylation sites is 2. The van der Waals surface area contributed by atoms with Gasteiger partial charge in [-0.3, -0.25) is 0 Å². The highest BCUT2D eigenvalue weighted by Gasteiger charge is 2.07. The van der Waals surface area contributed by atoms with Gasteiger partial charge in [-0.2, -0.15) is 0 Å². The summed E-state index contributed by atoms with van der Waals surface area (Å²) in [5.41, 5.74) is 6.19. The molecule has 5 nitrogen and oxygen atoms in total. The molecule has 5 heteroatoms. The van der Waals surface area contributed by atoms with Crippen LogP contribution in [-0.4, -0.2) is 25.7 Å². The van der Waals surface area contributed by atoms with Crippen molar-refractivity contribution in [3.63, 3.8) is 0 Å². The second kappa shape index (κ2) is 7.55. The standard InChI is InChI=1S/C13H21N3O2/c1-3-15-13(17)16-11-6-4-5-7-12(11)18-9-10(2)8-14/h4-7,10H,3,8-9,14H2,1-2H3,(H2,15,16,17). The SMILES string of the molecule is CCNC(=O)Nc1ccccc1OCC(C)CN. The van der Waals surface area contributed by atoms with Crippen molar-refractivity contribution in [2.75, 3.05) is 25.0 Å². The highest BCUT2D eigenvalue weighted by Crippen LogP contribution is 2.24. The molecule has 0 saturated heterocycles.